The van der Waals surface area contributed by atoms with Gasteiger partial charge in [0.05, 0.1) is 0 Å². The van der Waals surface area contributed by atoms with Crippen LogP contribution in [-0.4, -0.2) is 4.98 Å². The Kier molecular flexibility index (Phi) is 2.90. The number of aromatic nitrogens is 1. The third-order valence-corrected chi connectivity index (χ3v) is 2.56. The molecule has 0 saturated heterocycles. The molecule has 0 spiro atoms. The van der Waals surface area contributed by atoms with Crippen molar-refractivity contribution < 1.29 is 0 Å². The fourth-order valence-corrected chi connectivity index (χ4v) is 1.97. The first kappa shape index (κ1) is 11.0. The number of hydrogen-bond acceptors (Lipinski definition) is 3. The van der Waals surface area contributed by atoms with Crippen LogP contribution >= 0.6 is 23.2 Å². The lowest BCUT2D eigenvalue weighted by Gasteiger charge is -2.06. The zero-order valence-corrected chi connectivity index (χ0v) is 9.76. The third kappa shape index (κ3) is 2.21. The molecule has 16 heavy (non-hydrogen) atoms. The van der Waals surface area contributed by atoms with E-state index in [0.29, 0.717) is 21.7 Å². The molecule has 3 nitrogen and oxygen atoms in total. The molecule has 2 aromatic rings. The Balaban J connectivity index is 2.58. The summed E-state index contributed by atoms with van der Waals surface area (Å²) in [5.41, 5.74) is 12.9. The van der Waals surface area contributed by atoms with E-state index in [4.69, 9.17) is 34.7 Å². The van der Waals surface area contributed by atoms with Crippen LogP contribution in [0.15, 0.2) is 30.3 Å². The van der Waals surface area contributed by atoms with Gasteiger partial charge in [0.1, 0.15) is 11.6 Å². The first-order valence-electron chi connectivity index (χ1n) is 4.55. The monoisotopic (exact) mass is 253 g/mol. The topological polar surface area (TPSA) is 64.9 Å². The smallest absolute Gasteiger partial charge is 0.133 e. The molecule has 0 saturated carbocycles. The zero-order chi connectivity index (χ0) is 11.7. The van der Waals surface area contributed by atoms with Gasteiger partial charge < -0.3 is 11.5 Å². The van der Waals surface area contributed by atoms with Crippen molar-refractivity contribution in [2.45, 2.75) is 0 Å². The van der Waals surface area contributed by atoms with Crippen LogP contribution < -0.4 is 11.5 Å². The number of nitrogens with zero attached hydrogens (tertiary/aromatic N) is 1. The summed E-state index contributed by atoms with van der Waals surface area (Å²) in [6, 6.07) is 8.68. The van der Waals surface area contributed by atoms with Gasteiger partial charge in [-0.05, 0) is 35.9 Å². The number of nitrogen functional groups attached to an aromatic ring is 2. The van der Waals surface area contributed by atoms with Crippen molar-refractivity contribution in [1.82, 2.24) is 4.98 Å². The largest absolute Gasteiger partial charge is 0.384 e. The van der Waals surface area contributed by atoms with E-state index >= 15 is 0 Å². The molecule has 0 bridgehead atoms. The van der Waals surface area contributed by atoms with Crippen LogP contribution in [0.25, 0.3) is 11.1 Å². The van der Waals surface area contributed by atoms with E-state index < -0.39 is 0 Å². The Hall–Kier alpha value is -1.45. The molecule has 0 fully saturated rings. The summed E-state index contributed by atoms with van der Waals surface area (Å²) in [6.45, 7) is 0. The fourth-order valence-electron chi connectivity index (χ4n) is 1.44. The molecule has 1 heterocycles. The van der Waals surface area contributed by atoms with Crippen LogP contribution in [0, 0.1) is 0 Å². The first-order chi connectivity index (χ1) is 7.56. The molecular formula is C11H9Cl2N3. The van der Waals surface area contributed by atoms with Crippen LogP contribution in [0.3, 0.4) is 0 Å². The highest BCUT2D eigenvalue weighted by Gasteiger charge is 2.06. The third-order valence-electron chi connectivity index (χ3n) is 2.12. The summed E-state index contributed by atoms with van der Waals surface area (Å²) in [7, 11) is 0. The molecule has 5 heteroatoms. The Morgan fingerprint density at radius 3 is 2.12 bits per heavy atom. The van der Waals surface area contributed by atoms with Crippen molar-refractivity contribution in [3.63, 3.8) is 0 Å². The van der Waals surface area contributed by atoms with Gasteiger partial charge in [0.2, 0.25) is 0 Å². The molecule has 0 radical (unpaired) electrons. The number of halogens is 2. The van der Waals surface area contributed by atoms with Gasteiger partial charge in [-0.25, -0.2) is 4.98 Å². The average Bonchev–Trinajstić information content (AvgIpc) is 2.15. The molecule has 0 amide bonds. The summed E-state index contributed by atoms with van der Waals surface area (Å²) in [5, 5.41) is 1.11. The van der Waals surface area contributed by atoms with Crippen LogP contribution in [0.5, 0.6) is 0 Å². The van der Waals surface area contributed by atoms with E-state index in [1.165, 1.54) is 0 Å². The highest BCUT2D eigenvalue weighted by Crippen LogP contribution is 2.30. The standard InChI is InChI=1S/C11H9Cl2N3/c12-7-3-6(4-8(13)5-7)9-1-2-10(14)16-11(9)15/h1-5H,(H4,14,15,16). The van der Waals surface area contributed by atoms with Gasteiger partial charge in [0.25, 0.3) is 0 Å². The molecule has 1 aromatic heterocycles. The van der Waals surface area contributed by atoms with Crippen molar-refractivity contribution in [3.8, 4) is 11.1 Å². The van der Waals surface area contributed by atoms with Crippen molar-refractivity contribution in [2.24, 2.45) is 0 Å². The SMILES string of the molecule is Nc1ccc(-c2cc(Cl)cc(Cl)c2)c(N)n1. The zero-order valence-electron chi connectivity index (χ0n) is 8.24. The van der Waals surface area contributed by atoms with Gasteiger partial charge in [-0.15, -0.1) is 0 Å². The second kappa shape index (κ2) is 4.20. The van der Waals surface area contributed by atoms with Crippen LogP contribution in [0.1, 0.15) is 0 Å². The predicted molar refractivity (Wildman–Crippen MR) is 68.5 cm³/mol. The van der Waals surface area contributed by atoms with E-state index in [2.05, 4.69) is 4.98 Å². The van der Waals surface area contributed by atoms with Crippen LogP contribution in [0.2, 0.25) is 10.0 Å². The van der Waals surface area contributed by atoms with Crippen molar-refractivity contribution in [2.75, 3.05) is 11.5 Å². The van der Waals surface area contributed by atoms with Gasteiger partial charge in [0, 0.05) is 15.6 Å². The Morgan fingerprint density at radius 2 is 1.56 bits per heavy atom. The Morgan fingerprint density at radius 1 is 0.938 bits per heavy atom. The van der Waals surface area contributed by atoms with Gasteiger partial charge in [-0.2, -0.15) is 0 Å². The van der Waals surface area contributed by atoms with Crippen molar-refractivity contribution in [3.05, 3.63) is 40.4 Å². The number of hydrogen-bond donors (Lipinski definition) is 2. The van der Waals surface area contributed by atoms with Crippen molar-refractivity contribution >= 4 is 34.8 Å². The maximum absolute atomic E-state index is 5.91. The minimum Gasteiger partial charge on any atom is -0.384 e. The molecule has 0 aliphatic heterocycles. The number of pyridine rings is 1. The minimum atomic E-state index is 0.360. The molecule has 82 valence electrons. The Bertz CT molecular complexity index is 520. The van der Waals surface area contributed by atoms with Gasteiger partial charge in [0.15, 0.2) is 0 Å². The number of benzene rings is 1. The van der Waals surface area contributed by atoms with E-state index in [0.717, 1.165) is 11.1 Å². The number of anilines is 2. The second-order valence-corrected chi connectivity index (χ2v) is 4.20. The molecule has 0 aliphatic carbocycles. The summed E-state index contributed by atoms with van der Waals surface area (Å²) in [5.74, 6) is 0.743. The lowest BCUT2D eigenvalue weighted by atomic mass is 10.1. The summed E-state index contributed by atoms with van der Waals surface area (Å²) in [6.07, 6.45) is 0. The molecule has 4 N–H and O–H groups in total. The van der Waals surface area contributed by atoms with Gasteiger partial charge in [-0.3, -0.25) is 0 Å². The number of rotatable bonds is 1. The molecule has 2 rings (SSSR count). The van der Waals surface area contributed by atoms with Crippen molar-refractivity contribution in [1.29, 1.82) is 0 Å². The quantitative estimate of drug-likeness (QED) is 0.821. The molecule has 0 atom stereocenters. The predicted octanol–water partition coefficient (Wildman–Crippen LogP) is 3.22. The molecule has 0 unspecified atom stereocenters. The second-order valence-electron chi connectivity index (χ2n) is 3.33. The molecule has 0 aliphatic rings. The lowest BCUT2D eigenvalue weighted by molar-refractivity contribution is 1.34. The highest BCUT2D eigenvalue weighted by molar-refractivity contribution is 6.35. The summed E-state index contributed by atoms with van der Waals surface area (Å²) < 4.78 is 0. The summed E-state index contributed by atoms with van der Waals surface area (Å²) in [4.78, 5) is 3.98. The number of nitrogens with two attached hydrogens (primary N) is 2. The fraction of sp³-hybridized carbons (Fsp3) is 0. The lowest BCUT2D eigenvalue weighted by Crippen LogP contribution is -1.98. The van der Waals surface area contributed by atoms with Crippen LogP contribution in [0.4, 0.5) is 11.6 Å². The molecule has 1 aromatic carbocycles. The average molecular weight is 254 g/mol. The van der Waals surface area contributed by atoms with E-state index in [1.807, 2.05) is 0 Å². The summed E-state index contributed by atoms with van der Waals surface area (Å²) >= 11 is 11.8. The highest BCUT2D eigenvalue weighted by atomic mass is 35.5. The maximum Gasteiger partial charge on any atom is 0.133 e. The van der Waals surface area contributed by atoms with E-state index in [1.54, 1.807) is 30.3 Å². The molecular weight excluding hydrogens is 245 g/mol. The van der Waals surface area contributed by atoms with Gasteiger partial charge >= 0.3 is 0 Å². The normalized spacial score (nSPS) is 10.4. The minimum absolute atomic E-state index is 0.360. The van der Waals surface area contributed by atoms with Crippen LogP contribution in [-0.2, 0) is 0 Å². The van der Waals surface area contributed by atoms with Gasteiger partial charge in [-0.1, -0.05) is 23.2 Å². The Labute approximate surface area is 103 Å². The van der Waals surface area contributed by atoms with E-state index in [-0.39, 0.29) is 0 Å². The maximum atomic E-state index is 5.91. The first-order valence-corrected chi connectivity index (χ1v) is 5.30. The van der Waals surface area contributed by atoms with E-state index in [9.17, 15) is 0 Å².